The zero-order chi connectivity index (χ0) is 26.4. The van der Waals surface area contributed by atoms with Crippen LogP contribution in [-0.2, 0) is 4.79 Å². The van der Waals surface area contributed by atoms with Crippen molar-refractivity contribution < 1.29 is 27.5 Å². The molecule has 0 aliphatic rings. The van der Waals surface area contributed by atoms with Gasteiger partial charge in [0.25, 0.3) is 0 Å². The number of nitrogens with zero attached hydrogens (tertiary/aromatic N) is 2. The SMILES string of the molecule is CC(C)(C)NSc1ccc(-c2cc(-c3ccccc3F)c(C#N)c(N)n2)cc1.O=C(O)C(F)(F)F. The number of alkyl halides is 3. The first-order valence-corrected chi connectivity index (χ1v) is 10.8. The zero-order valence-corrected chi connectivity index (χ0v) is 19.8. The lowest BCUT2D eigenvalue weighted by Crippen LogP contribution is -2.29. The van der Waals surface area contributed by atoms with Crippen molar-refractivity contribution >= 4 is 23.7 Å². The predicted octanol–water partition coefficient (Wildman–Crippen LogP) is 6.04. The standard InChI is InChI=1S/C22H21FN4S.C2HF3O2/c1-22(2,3)27-28-15-10-8-14(9-11-15)20-12-17(18(13-24)21(25)26-20)16-6-4-5-7-19(16)23;3-2(4,5)1(6)7/h4-12,27H,1-3H3,(H2,25,26);(H,6,7). The summed E-state index contributed by atoms with van der Waals surface area (Å²) in [6.07, 6.45) is -5.08. The van der Waals surface area contributed by atoms with Gasteiger partial charge in [0.1, 0.15) is 23.3 Å². The molecule has 1 aromatic heterocycles. The van der Waals surface area contributed by atoms with Gasteiger partial charge in [0.05, 0.1) is 5.69 Å². The van der Waals surface area contributed by atoms with Gasteiger partial charge in [-0.15, -0.1) is 0 Å². The number of aliphatic carboxylic acids is 1. The third-order valence-corrected chi connectivity index (χ3v) is 5.41. The van der Waals surface area contributed by atoms with Crippen molar-refractivity contribution in [1.82, 2.24) is 9.71 Å². The van der Waals surface area contributed by atoms with Crippen molar-refractivity contribution in [1.29, 1.82) is 5.26 Å². The summed E-state index contributed by atoms with van der Waals surface area (Å²) in [7, 11) is 0. The number of aromatic nitrogens is 1. The number of halogens is 4. The summed E-state index contributed by atoms with van der Waals surface area (Å²) in [6, 6.07) is 17.9. The Morgan fingerprint density at radius 3 is 2.14 bits per heavy atom. The number of carboxylic acid groups (broad SMARTS) is 1. The molecule has 11 heteroatoms. The van der Waals surface area contributed by atoms with Gasteiger partial charge >= 0.3 is 12.1 Å². The van der Waals surface area contributed by atoms with E-state index in [0.717, 1.165) is 10.5 Å². The minimum absolute atomic E-state index is 0.00112. The highest BCUT2D eigenvalue weighted by Gasteiger charge is 2.38. The summed E-state index contributed by atoms with van der Waals surface area (Å²) in [4.78, 5) is 14.3. The van der Waals surface area contributed by atoms with Gasteiger partial charge in [0.15, 0.2) is 0 Å². The lowest BCUT2D eigenvalue weighted by Gasteiger charge is -2.19. The van der Waals surface area contributed by atoms with Gasteiger partial charge in [-0.3, -0.25) is 4.72 Å². The molecule has 1 heterocycles. The van der Waals surface area contributed by atoms with Gasteiger partial charge in [-0.25, -0.2) is 14.2 Å². The Kier molecular flexibility index (Phi) is 8.84. The number of hydrogen-bond donors (Lipinski definition) is 3. The summed E-state index contributed by atoms with van der Waals surface area (Å²) in [5, 5.41) is 16.6. The second kappa shape index (κ2) is 11.2. The summed E-state index contributed by atoms with van der Waals surface area (Å²) in [6.45, 7) is 6.30. The Morgan fingerprint density at radius 1 is 1.09 bits per heavy atom. The lowest BCUT2D eigenvalue weighted by atomic mass is 9.98. The van der Waals surface area contributed by atoms with Crippen LogP contribution in [0.5, 0.6) is 0 Å². The van der Waals surface area contributed by atoms with Gasteiger partial charge in [-0.1, -0.05) is 30.3 Å². The van der Waals surface area contributed by atoms with E-state index in [1.165, 1.54) is 6.07 Å². The summed E-state index contributed by atoms with van der Waals surface area (Å²) in [5.41, 5.74) is 8.39. The normalized spacial score (nSPS) is 11.3. The van der Waals surface area contributed by atoms with Crippen LogP contribution in [0, 0.1) is 17.1 Å². The van der Waals surface area contributed by atoms with E-state index >= 15 is 0 Å². The molecule has 3 rings (SSSR count). The van der Waals surface area contributed by atoms with E-state index in [9.17, 15) is 22.8 Å². The molecule has 35 heavy (non-hydrogen) atoms. The van der Waals surface area contributed by atoms with Crippen LogP contribution < -0.4 is 10.5 Å². The highest BCUT2D eigenvalue weighted by atomic mass is 32.2. The van der Waals surface area contributed by atoms with Crippen LogP contribution >= 0.6 is 11.9 Å². The van der Waals surface area contributed by atoms with Gasteiger partial charge in [0.2, 0.25) is 0 Å². The van der Waals surface area contributed by atoms with Crippen LogP contribution in [0.1, 0.15) is 26.3 Å². The molecule has 0 atom stereocenters. The highest BCUT2D eigenvalue weighted by molar-refractivity contribution is 7.97. The molecule has 0 amide bonds. The van der Waals surface area contributed by atoms with Crippen LogP contribution in [-0.4, -0.2) is 27.8 Å². The molecule has 0 bridgehead atoms. The monoisotopic (exact) mass is 506 g/mol. The van der Waals surface area contributed by atoms with E-state index in [0.29, 0.717) is 16.8 Å². The van der Waals surface area contributed by atoms with Crippen LogP contribution in [0.25, 0.3) is 22.4 Å². The minimum Gasteiger partial charge on any atom is -0.475 e. The molecule has 3 aromatic rings. The smallest absolute Gasteiger partial charge is 0.475 e. The van der Waals surface area contributed by atoms with Crippen molar-refractivity contribution in [2.24, 2.45) is 0 Å². The largest absolute Gasteiger partial charge is 0.490 e. The van der Waals surface area contributed by atoms with Crippen LogP contribution in [0.2, 0.25) is 0 Å². The van der Waals surface area contributed by atoms with E-state index < -0.39 is 18.0 Å². The van der Waals surface area contributed by atoms with Crippen molar-refractivity contribution in [3.63, 3.8) is 0 Å². The van der Waals surface area contributed by atoms with Crippen LogP contribution in [0.4, 0.5) is 23.4 Å². The molecule has 6 nitrogen and oxygen atoms in total. The van der Waals surface area contributed by atoms with Gasteiger partial charge < -0.3 is 10.8 Å². The van der Waals surface area contributed by atoms with Gasteiger partial charge in [0, 0.05) is 27.1 Å². The highest BCUT2D eigenvalue weighted by Crippen LogP contribution is 2.33. The number of nitrogen functional groups attached to an aromatic ring is 1. The molecular weight excluding hydrogens is 484 g/mol. The molecule has 184 valence electrons. The fraction of sp³-hybridized carbons (Fsp3) is 0.208. The third kappa shape index (κ3) is 7.98. The first-order valence-electron chi connectivity index (χ1n) is 10.0. The first-order chi connectivity index (χ1) is 16.2. The molecule has 0 saturated heterocycles. The molecule has 0 spiro atoms. The van der Waals surface area contributed by atoms with Crippen molar-refractivity contribution in [3.05, 3.63) is 66.0 Å². The van der Waals surface area contributed by atoms with Gasteiger partial charge in [-0.05, 0) is 57.0 Å². The second-order valence-corrected chi connectivity index (χ2v) is 9.07. The Labute approximate surface area is 203 Å². The molecule has 2 aromatic carbocycles. The number of pyridine rings is 1. The van der Waals surface area contributed by atoms with E-state index in [1.807, 2.05) is 30.3 Å². The average molecular weight is 507 g/mol. The Balaban J connectivity index is 0.000000540. The number of nitriles is 1. The van der Waals surface area contributed by atoms with E-state index in [4.69, 9.17) is 15.6 Å². The Hall–Kier alpha value is -3.62. The van der Waals surface area contributed by atoms with Crippen molar-refractivity contribution in [2.75, 3.05) is 5.73 Å². The maximum Gasteiger partial charge on any atom is 0.490 e. The fourth-order valence-corrected chi connectivity index (χ4v) is 3.32. The number of rotatable bonds is 4. The number of hydrogen-bond acceptors (Lipinski definition) is 6. The topological polar surface area (TPSA) is 112 Å². The minimum atomic E-state index is -5.08. The summed E-state index contributed by atoms with van der Waals surface area (Å²) >= 11 is 1.55. The number of nitrogens with two attached hydrogens (primary N) is 1. The number of nitrogens with one attached hydrogen (secondary N) is 1. The average Bonchev–Trinajstić information content (AvgIpc) is 2.77. The van der Waals surface area contributed by atoms with E-state index in [-0.39, 0.29) is 16.9 Å². The molecule has 0 fully saturated rings. The maximum absolute atomic E-state index is 14.3. The second-order valence-electron chi connectivity index (χ2n) is 8.19. The predicted molar refractivity (Wildman–Crippen MR) is 127 cm³/mol. The number of carbonyl (C=O) groups is 1. The fourth-order valence-electron chi connectivity index (χ4n) is 2.63. The Morgan fingerprint density at radius 2 is 1.66 bits per heavy atom. The van der Waals surface area contributed by atoms with Crippen molar-refractivity contribution in [3.8, 4) is 28.5 Å². The number of benzene rings is 2. The van der Waals surface area contributed by atoms with Crippen LogP contribution in [0.3, 0.4) is 0 Å². The summed E-state index contributed by atoms with van der Waals surface area (Å²) in [5.74, 6) is -3.07. The number of anilines is 1. The zero-order valence-electron chi connectivity index (χ0n) is 18.9. The molecule has 0 radical (unpaired) electrons. The van der Waals surface area contributed by atoms with Crippen LogP contribution in [0.15, 0.2) is 59.5 Å². The molecule has 0 aliphatic carbocycles. The first kappa shape index (κ1) is 27.6. The Bertz CT molecular complexity index is 1230. The molecule has 0 unspecified atom stereocenters. The van der Waals surface area contributed by atoms with Crippen molar-refractivity contribution in [2.45, 2.75) is 37.4 Å². The number of carboxylic acids is 1. The van der Waals surface area contributed by atoms with E-state index in [2.05, 4.69) is 30.5 Å². The molecule has 0 aliphatic heterocycles. The molecule has 4 N–H and O–H groups in total. The van der Waals surface area contributed by atoms with E-state index in [1.54, 1.807) is 36.2 Å². The van der Waals surface area contributed by atoms with Gasteiger partial charge in [-0.2, -0.15) is 18.4 Å². The third-order valence-electron chi connectivity index (χ3n) is 4.19. The lowest BCUT2D eigenvalue weighted by molar-refractivity contribution is -0.192. The summed E-state index contributed by atoms with van der Waals surface area (Å²) < 4.78 is 49.4. The maximum atomic E-state index is 14.3. The quantitative estimate of drug-likeness (QED) is 0.292. The molecule has 0 saturated carbocycles. The molecular formula is C24H22F4N4O2S.